The van der Waals surface area contributed by atoms with Gasteiger partial charge in [-0.25, -0.2) is 0 Å². The van der Waals surface area contributed by atoms with Crippen LogP contribution in [0.1, 0.15) is 6.92 Å². The van der Waals surface area contributed by atoms with Gasteiger partial charge in [-0.3, -0.25) is 4.79 Å². The summed E-state index contributed by atoms with van der Waals surface area (Å²) in [7, 11) is -5.05. The highest BCUT2D eigenvalue weighted by molar-refractivity contribution is 7.72. The van der Waals surface area contributed by atoms with Crippen molar-refractivity contribution < 1.29 is 24.2 Å². The fourth-order valence-corrected chi connectivity index (χ4v) is 1.18. The van der Waals surface area contributed by atoms with Gasteiger partial charge in [-0.2, -0.15) is 0 Å². The molecule has 0 N–H and O–H groups in total. The highest BCUT2D eigenvalue weighted by atomic mass is 31.2. The van der Waals surface area contributed by atoms with Crippen molar-refractivity contribution >= 4 is 13.5 Å². The Kier molecular flexibility index (Phi) is 1.78. The lowest BCUT2D eigenvalue weighted by Gasteiger charge is -2.38. The van der Waals surface area contributed by atoms with E-state index in [0.717, 1.165) is 0 Å². The van der Waals surface area contributed by atoms with Gasteiger partial charge in [0.2, 0.25) is 0 Å². The zero-order valence-electron chi connectivity index (χ0n) is 5.14. The average Bonchev–Trinajstić information content (AvgIpc) is 2.42. The third kappa shape index (κ3) is 1.51. The van der Waals surface area contributed by atoms with E-state index in [4.69, 9.17) is 0 Å². The minimum absolute atomic E-state index is 0.413. The van der Waals surface area contributed by atoms with E-state index >= 15 is 0 Å². The Morgan fingerprint density at radius 3 is 2.00 bits per heavy atom. The molecule has 1 heterocycles. The monoisotopic (exact) mass is 164 g/mol. The van der Waals surface area contributed by atoms with Gasteiger partial charge in [-0.15, -0.1) is 0 Å². The van der Waals surface area contributed by atoms with E-state index in [1.54, 1.807) is 0 Å². The van der Waals surface area contributed by atoms with Crippen LogP contribution in [-0.2, 0) is 9.53 Å². The maximum atomic E-state index is 10.4. The predicted molar refractivity (Wildman–Crippen MR) is 26.3 cm³/mol. The van der Waals surface area contributed by atoms with Crippen molar-refractivity contribution in [1.29, 1.82) is 0 Å². The number of hydrogen-bond donors (Lipinski definition) is 0. The summed E-state index contributed by atoms with van der Waals surface area (Å²) in [6.45, 7) is 1.53. The first-order valence-electron chi connectivity index (χ1n) is 2.65. The molecule has 2 atom stereocenters. The van der Waals surface area contributed by atoms with Crippen LogP contribution in [0.5, 0.6) is 0 Å². The third-order valence-electron chi connectivity index (χ3n) is 1.22. The predicted octanol–water partition coefficient (Wildman–Crippen LogP) is -2.86. The molecule has 1 saturated heterocycles. The number of epoxide rings is 1. The molecule has 0 aromatic heterocycles. The number of carbonyl (C=O) groups excluding carboxylic acids is 1. The molecule has 0 aromatic carbocycles. The van der Waals surface area contributed by atoms with Crippen molar-refractivity contribution in [3.63, 3.8) is 0 Å². The fraction of sp³-hybridized carbons (Fsp3) is 0.750. The van der Waals surface area contributed by atoms with Gasteiger partial charge in [-0.05, 0) is 6.92 Å². The first-order chi connectivity index (χ1) is 4.43. The molecule has 1 aliphatic rings. The lowest BCUT2D eigenvalue weighted by atomic mass is 10.4. The van der Waals surface area contributed by atoms with E-state index in [9.17, 15) is 19.5 Å². The molecular weight excluding hydrogens is 159 g/mol. The molecule has 0 unspecified atom stereocenters. The molecule has 58 valence electrons. The van der Waals surface area contributed by atoms with Crippen LogP contribution in [0.3, 0.4) is 0 Å². The van der Waals surface area contributed by atoms with E-state index < -0.39 is 25.7 Å². The first kappa shape index (κ1) is 8.04. The zero-order valence-corrected chi connectivity index (χ0v) is 6.04. The molecule has 10 heavy (non-hydrogen) atoms. The second kappa shape index (κ2) is 2.22. The Bertz CT molecular complexity index is 162. The molecule has 0 radical (unpaired) electrons. The second-order valence-electron chi connectivity index (χ2n) is 2.10. The fourth-order valence-electron chi connectivity index (χ4n) is 0.601. The molecule has 0 bridgehead atoms. The van der Waals surface area contributed by atoms with E-state index in [-0.39, 0.29) is 0 Å². The quantitative estimate of drug-likeness (QED) is 0.323. The lowest BCUT2D eigenvalue weighted by molar-refractivity contribution is -0.422. The summed E-state index contributed by atoms with van der Waals surface area (Å²) >= 11 is 0. The van der Waals surface area contributed by atoms with Crippen molar-refractivity contribution in [2.75, 3.05) is 0 Å². The molecule has 0 saturated carbocycles. The summed E-state index contributed by atoms with van der Waals surface area (Å²) in [5.74, 6) is 0. The summed E-state index contributed by atoms with van der Waals surface area (Å²) in [6, 6.07) is 0. The second-order valence-corrected chi connectivity index (χ2v) is 3.53. The first-order valence-corrected chi connectivity index (χ1v) is 4.19. The Balaban J connectivity index is 2.51. The highest BCUT2D eigenvalue weighted by Crippen LogP contribution is 2.38. The van der Waals surface area contributed by atoms with E-state index in [1.807, 2.05) is 0 Å². The van der Waals surface area contributed by atoms with E-state index in [2.05, 4.69) is 4.74 Å². The zero-order chi connectivity index (χ0) is 7.94. The molecule has 6 heteroatoms. The maximum absolute atomic E-state index is 10.4. The van der Waals surface area contributed by atoms with Gasteiger partial charge in [0.1, 0.15) is 0 Å². The minimum atomic E-state index is -5.05. The van der Waals surface area contributed by atoms with Crippen LogP contribution in [0.25, 0.3) is 0 Å². The van der Waals surface area contributed by atoms with Gasteiger partial charge in [0.25, 0.3) is 5.52 Å². The molecule has 0 aromatic rings. The van der Waals surface area contributed by atoms with Crippen LogP contribution < -0.4 is 14.7 Å². The van der Waals surface area contributed by atoms with Crippen molar-refractivity contribution in [1.82, 2.24) is 0 Å². The Morgan fingerprint density at radius 2 is 1.90 bits per heavy atom. The summed E-state index contributed by atoms with van der Waals surface area (Å²) in [6.07, 6.45) is -1.41. The van der Waals surface area contributed by atoms with Crippen LogP contribution in [0.2, 0.25) is 0 Å². The number of hydrogen-bond acceptors (Lipinski definition) is 5. The third-order valence-corrected chi connectivity index (χ3v) is 2.02. The molecule has 0 aliphatic carbocycles. The molecule has 0 amide bonds. The van der Waals surface area contributed by atoms with Gasteiger partial charge >= 0.3 is 0 Å². The van der Waals surface area contributed by atoms with E-state index in [0.29, 0.717) is 0 Å². The number of ether oxygens (including phenoxy) is 1. The Morgan fingerprint density at radius 1 is 1.50 bits per heavy atom. The Labute approximate surface area is 57.8 Å². The highest BCUT2D eigenvalue weighted by Gasteiger charge is 2.45. The molecule has 0 spiro atoms. The smallest absolute Gasteiger partial charge is 0.281 e. The maximum Gasteiger partial charge on any atom is 0.281 e. The van der Waals surface area contributed by atoms with Crippen LogP contribution >= 0.6 is 7.94 Å². The van der Waals surface area contributed by atoms with Gasteiger partial charge in [0.15, 0.2) is 6.10 Å². The molecule has 1 aliphatic heterocycles. The molecule has 1 rings (SSSR count). The van der Waals surface area contributed by atoms with Gasteiger partial charge < -0.3 is 19.4 Å². The molecule has 1 fully saturated rings. The van der Waals surface area contributed by atoms with Crippen molar-refractivity contribution in [2.24, 2.45) is 0 Å². The molecular formula is C4H5O5P-2. The lowest BCUT2D eigenvalue weighted by Crippen LogP contribution is -2.40. The van der Waals surface area contributed by atoms with Gasteiger partial charge in [0.05, 0.1) is 6.10 Å². The summed E-state index contributed by atoms with van der Waals surface area (Å²) in [5.41, 5.74) is -1.33. The normalized spacial score (nSPS) is 32.0. The topological polar surface area (TPSA) is 98.8 Å². The van der Waals surface area contributed by atoms with Crippen LogP contribution in [0.15, 0.2) is 0 Å². The summed E-state index contributed by atoms with van der Waals surface area (Å²) < 4.78 is 4.48. The van der Waals surface area contributed by atoms with Gasteiger partial charge in [0, 0.05) is 0 Å². The summed E-state index contributed by atoms with van der Waals surface area (Å²) in [4.78, 5) is 40.4. The summed E-state index contributed by atoms with van der Waals surface area (Å²) in [5, 5.41) is 0. The van der Waals surface area contributed by atoms with Crippen LogP contribution in [-0.4, -0.2) is 17.7 Å². The van der Waals surface area contributed by atoms with Crippen LogP contribution in [0, 0.1) is 0 Å². The standard InChI is InChI=1S/C4H7O5P/c1-2-3(9-2)4(5)10(6,7)8/h2-3H,1H3,(H2,6,7,8)/p-2/t2-,3+/m0/s1. The molecule has 5 nitrogen and oxygen atoms in total. The van der Waals surface area contributed by atoms with Crippen molar-refractivity contribution in [3.8, 4) is 0 Å². The van der Waals surface area contributed by atoms with Crippen molar-refractivity contribution in [3.05, 3.63) is 0 Å². The number of rotatable bonds is 2. The largest absolute Gasteiger partial charge is 0.681 e. The minimum Gasteiger partial charge on any atom is -0.681 e. The van der Waals surface area contributed by atoms with Crippen LogP contribution in [0.4, 0.5) is 0 Å². The van der Waals surface area contributed by atoms with E-state index in [1.165, 1.54) is 6.92 Å². The SMILES string of the molecule is C[C@@H]1O[C@H]1C(=O)[P+]([O-])([O-])[O-]. The van der Waals surface area contributed by atoms with Crippen molar-refractivity contribution in [2.45, 2.75) is 19.1 Å². The Hall–Kier alpha value is -0.0600. The average molecular weight is 164 g/mol. The van der Waals surface area contributed by atoms with Gasteiger partial charge in [-0.1, -0.05) is 7.94 Å². The number of carbonyl (C=O) groups is 1.